The highest BCUT2D eigenvalue weighted by Crippen LogP contribution is 2.34. The van der Waals surface area contributed by atoms with E-state index in [1.165, 1.54) is 6.42 Å². The van der Waals surface area contributed by atoms with Gasteiger partial charge in [0.05, 0.1) is 6.61 Å². The Kier molecular flexibility index (Phi) is 2.28. The molecule has 5 heteroatoms. The molecule has 1 atom stereocenters. The van der Waals surface area contributed by atoms with Crippen LogP contribution in [-0.4, -0.2) is 21.9 Å². The van der Waals surface area contributed by atoms with E-state index < -0.39 is 6.04 Å². The third-order valence-corrected chi connectivity index (χ3v) is 2.44. The number of rotatable bonds is 3. The van der Waals surface area contributed by atoms with Crippen molar-refractivity contribution >= 4 is 0 Å². The Morgan fingerprint density at radius 3 is 2.92 bits per heavy atom. The average Bonchev–Trinajstić information content (AvgIpc) is 2.49. The number of nitrogens with two attached hydrogens (primary N) is 1. The van der Waals surface area contributed by atoms with Gasteiger partial charge in [0.1, 0.15) is 6.04 Å². The molecule has 1 saturated carbocycles. The summed E-state index contributed by atoms with van der Waals surface area (Å²) in [6.07, 6.45) is 3.50. The molecule has 1 aliphatic carbocycles. The molecule has 72 valence electrons. The van der Waals surface area contributed by atoms with Gasteiger partial charge in [-0.2, -0.15) is 4.98 Å². The van der Waals surface area contributed by atoms with Crippen molar-refractivity contribution in [1.82, 2.24) is 10.1 Å². The molecule has 0 amide bonds. The van der Waals surface area contributed by atoms with Gasteiger partial charge in [-0.1, -0.05) is 11.6 Å². The number of aliphatic hydroxyl groups excluding tert-OH is 1. The highest BCUT2D eigenvalue weighted by molar-refractivity contribution is 5.01. The lowest BCUT2D eigenvalue weighted by atomic mass is 9.85. The van der Waals surface area contributed by atoms with Gasteiger partial charge in [-0.25, -0.2) is 0 Å². The van der Waals surface area contributed by atoms with E-state index in [-0.39, 0.29) is 6.61 Å². The molecule has 3 N–H and O–H groups in total. The van der Waals surface area contributed by atoms with Crippen LogP contribution in [0, 0.1) is 0 Å². The smallest absolute Gasteiger partial charge is 0.245 e. The van der Waals surface area contributed by atoms with Crippen molar-refractivity contribution in [2.24, 2.45) is 5.73 Å². The van der Waals surface area contributed by atoms with Crippen LogP contribution in [0.15, 0.2) is 4.52 Å². The molecule has 1 aromatic rings. The van der Waals surface area contributed by atoms with Crippen LogP contribution in [0.1, 0.15) is 42.9 Å². The minimum absolute atomic E-state index is 0.160. The summed E-state index contributed by atoms with van der Waals surface area (Å²) in [7, 11) is 0. The van der Waals surface area contributed by atoms with Crippen LogP contribution in [-0.2, 0) is 0 Å². The molecule has 0 spiro atoms. The van der Waals surface area contributed by atoms with Crippen LogP contribution < -0.4 is 5.73 Å². The molecular weight excluding hydrogens is 170 g/mol. The summed E-state index contributed by atoms with van der Waals surface area (Å²) < 4.78 is 4.93. The minimum Gasteiger partial charge on any atom is -0.394 e. The van der Waals surface area contributed by atoms with E-state index >= 15 is 0 Å². The molecular formula is C8H13N3O2. The number of aliphatic hydroxyl groups is 1. The summed E-state index contributed by atoms with van der Waals surface area (Å²) >= 11 is 0. The lowest BCUT2D eigenvalue weighted by Crippen LogP contribution is -2.15. The molecule has 1 aliphatic rings. The molecule has 1 aromatic heterocycles. The van der Waals surface area contributed by atoms with Crippen LogP contribution in [0.2, 0.25) is 0 Å². The first-order chi connectivity index (χ1) is 6.31. The molecule has 0 bridgehead atoms. The van der Waals surface area contributed by atoms with Crippen molar-refractivity contribution < 1.29 is 9.63 Å². The summed E-state index contributed by atoms with van der Waals surface area (Å²) in [5.74, 6) is 1.53. The number of nitrogens with zero attached hydrogens (tertiary/aromatic N) is 2. The van der Waals surface area contributed by atoms with Crippen molar-refractivity contribution in [1.29, 1.82) is 0 Å². The predicted octanol–water partition coefficient (Wildman–Crippen LogP) is 0.329. The van der Waals surface area contributed by atoms with Gasteiger partial charge in [-0.15, -0.1) is 0 Å². The first-order valence-corrected chi connectivity index (χ1v) is 4.51. The normalized spacial score (nSPS) is 19.8. The van der Waals surface area contributed by atoms with Crippen molar-refractivity contribution in [3.05, 3.63) is 11.7 Å². The van der Waals surface area contributed by atoms with Gasteiger partial charge < -0.3 is 15.4 Å². The van der Waals surface area contributed by atoms with Crippen LogP contribution in [0.25, 0.3) is 0 Å². The Morgan fingerprint density at radius 2 is 2.38 bits per heavy atom. The maximum absolute atomic E-state index is 8.75. The lowest BCUT2D eigenvalue weighted by molar-refractivity contribution is 0.236. The lowest BCUT2D eigenvalue weighted by Gasteiger charge is -2.20. The molecule has 0 unspecified atom stereocenters. The van der Waals surface area contributed by atoms with Crippen LogP contribution in [0.3, 0.4) is 0 Å². The van der Waals surface area contributed by atoms with Crippen LogP contribution >= 0.6 is 0 Å². The molecule has 5 nitrogen and oxygen atoms in total. The summed E-state index contributed by atoms with van der Waals surface area (Å²) in [6, 6.07) is -0.540. The molecule has 2 rings (SSSR count). The summed E-state index contributed by atoms with van der Waals surface area (Å²) in [5.41, 5.74) is 5.52. The fourth-order valence-electron chi connectivity index (χ4n) is 1.31. The van der Waals surface area contributed by atoms with Gasteiger partial charge in [-0.05, 0) is 12.8 Å². The van der Waals surface area contributed by atoms with Crippen LogP contribution in [0.5, 0.6) is 0 Å². The molecule has 1 fully saturated rings. The van der Waals surface area contributed by atoms with E-state index in [0.717, 1.165) is 18.7 Å². The van der Waals surface area contributed by atoms with E-state index in [0.29, 0.717) is 11.8 Å². The minimum atomic E-state index is -0.540. The molecule has 1 heterocycles. The van der Waals surface area contributed by atoms with Gasteiger partial charge in [-0.3, -0.25) is 0 Å². The first-order valence-electron chi connectivity index (χ1n) is 4.51. The van der Waals surface area contributed by atoms with E-state index in [4.69, 9.17) is 15.4 Å². The zero-order valence-electron chi connectivity index (χ0n) is 7.31. The van der Waals surface area contributed by atoms with Gasteiger partial charge in [0.15, 0.2) is 5.82 Å². The van der Waals surface area contributed by atoms with Crippen molar-refractivity contribution in [2.75, 3.05) is 6.61 Å². The van der Waals surface area contributed by atoms with Crippen molar-refractivity contribution in [3.8, 4) is 0 Å². The Bertz CT molecular complexity index is 263. The number of hydrogen-bond acceptors (Lipinski definition) is 5. The summed E-state index contributed by atoms with van der Waals surface area (Å²) in [6.45, 7) is -0.160. The van der Waals surface area contributed by atoms with E-state index in [2.05, 4.69) is 10.1 Å². The quantitative estimate of drug-likeness (QED) is 0.705. The second-order valence-corrected chi connectivity index (χ2v) is 3.41. The van der Waals surface area contributed by atoms with Gasteiger partial charge in [0.2, 0.25) is 5.89 Å². The Morgan fingerprint density at radius 1 is 1.62 bits per heavy atom. The molecule has 0 aliphatic heterocycles. The molecule has 0 saturated heterocycles. The Balaban J connectivity index is 2.08. The van der Waals surface area contributed by atoms with E-state index in [1.54, 1.807) is 0 Å². The third-order valence-electron chi connectivity index (χ3n) is 2.44. The highest BCUT2D eigenvalue weighted by Gasteiger charge is 2.25. The maximum Gasteiger partial charge on any atom is 0.245 e. The molecule has 0 radical (unpaired) electrons. The summed E-state index contributed by atoms with van der Waals surface area (Å²) in [5, 5.41) is 12.6. The third kappa shape index (κ3) is 1.57. The SMILES string of the molecule is N[C@H](CO)c1nc(C2CCC2)no1. The number of hydrogen-bond donors (Lipinski definition) is 2. The second-order valence-electron chi connectivity index (χ2n) is 3.41. The van der Waals surface area contributed by atoms with Crippen molar-refractivity contribution in [2.45, 2.75) is 31.2 Å². The highest BCUT2D eigenvalue weighted by atomic mass is 16.5. The van der Waals surface area contributed by atoms with Gasteiger partial charge in [0.25, 0.3) is 0 Å². The fraction of sp³-hybridized carbons (Fsp3) is 0.750. The maximum atomic E-state index is 8.75. The average molecular weight is 183 g/mol. The Labute approximate surface area is 75.9 Å². The van der Waals surface area contributed by atoms with E-state index in [1.807, 2.05) is 0 Å². The Hall–Kier alpha value is -0.940. The standard InChI is InChI=1S/C8H13N3O2/c9-6(4-12)8-10-7(11-13-8)5-2-1-3-5/h5-6,12H,1-4,9H2/t6-/m1/s1. The largest absolute Gasteiger partial charge is 0.394 e. The fourth-order valence-corrected chi connectivity index (χ4v) is 1.31. The van der Waals surface area contributed by atoms with Crippen LogP contribution in [0.4, 0.5) is 0 Å². The topological polar surface area (TPSA) is 85.2 Å². The monoisotopic (exact) mass is 183 g/mol. The zero-order valence-corrected chi connectivity index (χ0v) is 7.31. The predicted molar refractivity (Wildman–Crippen MR) is 44.9 cm³/mol. The van der Waals surface area contributed by atoms with Gasteiger partial charge >= 0.3 is 0 Å². The number of aromatic nitrogens is 2. The first kappa shape index (κ1) is 8.65. The van der Waals surface area contributed by atoms with Gasteiger partial charge in [0, 0.05) is 5.92 Å². The second kappa shape index (κ2) is 3.43. The molecule has 0 aromatic carbocycles. The summed E-state index contributed by atoms with van der Waals surface area (Å²) in [4.78, 5) is 4.14. The molecule has 13 heavy (non-hydrogen) atoms. The van der Waals surface area contributed by atoms with Crippen molar-refractivity contribution in [3.63, 3.8) is 0 Å². The zero-order chi connectivity index (χ0) is 9.26. The van der Waals surface area contributed by atoms with E-state index in [9.17, 15) is 0 Å².